The lowest BCUT2D eigenvalue weighted by molar-refractivity contribution is -0.149. The van der Waals surface area contributed by atoms with E-state index in [-0.39, 0.29) is 11.8 Å². The molecule has 0 aliphatic carbocycles. The quantitative estimate of drug-likeness (QED) is 0.512. The highest BCUT2D eigenvalue weighted by atomic mass is 32.2. The molecule has 1 aromatic rings. The number of ether oxygens (including phenoxy) is 1. The van der Waals surface area contributed by atoms with Crippen LogP contribution in [0.1, 0.15) is 13.8 Å². The molecule has 0 aromatic heterocycles. The van der Waals surface area contributed by atoms with Crippen molar-refractivity contribution in [3.05, 3.63) is 24.0 Å². The molecule has 3 nitrogen and oxygen atoms in total. The third kappa shape index (κ3) is 3.63. The van der Waals surface area contributed by atoms with E-state index in [0.29, 0.717) is 16.3 Å². The zero-order valence-corrected chi connectivity index (χ0v) is 10.9. The van der Waals surface area contributed by atoms with E-state index < -0.39 is 5.41 Å². The van der Waals surface area contributed by atoms with Gasteiger partial charge in [0, 0.05) is 16.3 Å². The third-order valence-corrected chi connectivity index (χ3v) is 3.83. The van der Waals surface area contributed by atoms with Crippen LogP contribution in [-0.2, 0) is 9.53 Å². The molecule has 5 heteroatoms. The summed E-state index contributed by atoms with van der Waals surface area (Å²) in [6.45, 7) is 3.56. The Morgan fingerprint density at radius 2 is 2.18 bits per heavy atom. The highest BCUT2D eigenvalue weighted by Crippen LogP contribution is 2.32. The van der Waals surface area contributed by atoms with E-state index in [9.17, 15) is 9.18 Å². The number of methoxy groups -OCH3 is 1. The molecule has 0 heterocycles. The van der Waals surface area contributed by atoms with Crippen LogP contribution in [0.3, 0.4) is 0 Å². The van der Waals surface area contributed by atoms with Crippen LogP contribution in [0.25, 0.3) is 0 Å². The van der Waals surface area contributed by atoms with Gasteiger partial charge in [-0.1, -0.05) is 0 Å². The Morgan fingerprint density at radius 1 is 1.53 bits per heavy atom. The molecule has 0 aliphatic heterocycles. The molecule has 0 unspecified atom stereocenters. The Morgan fingerprint density at radius 3 is 2.76 bits per heavy atom. The number of anilines is 1. The van der Waals surface area contributed by atoms with Gasteiger partial charge in [0.2, 0.25) is 0 Å². The maximum Gasteiger partial charge on any atom is 0.312 e. The topological polar surface area (TPSA) is 52.3 Å². The van der Waals surface area contributed by atoms with Gasteiger partial charge < -0.3 is 10.5 Å². The molecule has 17 heavy (non-hydrogen) atoms. The molecule has 1 rings (SSSR count). The Hall–Kier alpha value is -1.23. The monoisotopic (exact) mass is 257 g/mol. The smallest absolute Gasteiger partial charge is 0.312 e. The number of carbonyl (C=O) groups is 1. The van der Waals surface area contributed by atoms with Crippen LogP contribution in [0, 0.1) is 11.2 Å². The summed E-state index contributed by atoms with van der Waals surface area (Å²) in [7, 11) is 1.35. The first kappa shape index (κ1) is 13.8. The van der Waals surface area contributed by atoms with Gasteiger partial charge in [-0.2, -0.15) is 0 Å². The van der Waals surface area contributed by atoms with Crippen LogP contribution in [0.2, 0.25) is 0 Å². The van der Waals surface area contributed by atoms with Gasteiger partial charge in [0.1, 0.15) is 5.82 Å². The lowest BCUT2D eigenvalue weighted by Crippen LogP contribution is -2.28. The Kier molecular flexibility index (Phi) is 4.40. The van der Waals surface area contributed by atoms with E-state index in [4.69, 9.17) is 10.5 Å². The number of carbonyl (C=O) groups excluding carboxylic acids is 1. The summed E-state index contributed by atoms with van der Waals surface area (Å²) in [4.78, 5) is 12.1. The fraction of sp³-hybridized carbons (Fsp3) is 0.417. The molecule has 0 saturated carbocycles. The highest BCUT2D eigenvalue weighted by molar-refractivity contribution is 7.99. The first-order chi connectivity index (χ1) is 7.86. The lowest BCUT2D eigenvalue weighted by Gasteiger charge is -2.21. The summed E-state index contributed by atoms with van der Waals surface area (Å²) in [5.74, 6) is -0.148. The summed E-state index contributed by atoms with van der Waals surface area (Å²) in [5.41, 5.74) is 5.61. The van der Waals surface area contributed by atoms with E-state index in [2.05, 4.69) is 0 Å². The summed E-state index contributed by atoms with van der Waals surface area (Å²) in [6, 6.07) is 4.20. The van der Waals surface area contributed by atoms with Crippen LogP contribution < -0.4 is 5.73 Å². The van der Waals surface area contributed by atoms with Crippen molar-refractivity contribution in [2.24, 2.45) is 5.41 Å². The largest absolute Gasteiger partial charge is 0.469 e. The number of esters is 1. The number of nitrogen functional groups attached to an aromatic ring is 1. The lowest BCUT2D eigenvalue weighted by atomic mass is 9.97. The van der Waals surface area contributed by atoms with Gasteiger partial charge >= 0.3 is 5.97 Å². The average Bonchev–Trinajstić information content (AvgIpc) is 2.29. The zero-order valence-electron chi connectivity index (χ0n) is 10.1. The van der Waals surface area contributed by atoms with Gasteiger partial charge in [0.25, 0.3) is 0 Å². The number of hydrogen-bond acceptors (Lipinski definition) is 4. The molecular formula is C12H16FNO2S. The Balaban J connectivity index is 2.73. The molecule has 0 radical (unpaired) electrons. The molecule has 0 saturated heterocycles. The maximum absolute atomic E-state index is 13.0. The predicted octanol–water partition coefficient (Wildman–Crippen LogP) is 2.70. The number of nitrogens with two attached hydrogens (primary N) is 1. The average molecular weight is 257 g/mol. The Bertz CT molecular complexity index is 421. The van der Waals surface area contributed by atoms with Crippen molar-refractivity contribution in [3.8, 4) is 0 Å². The number of halogens is 1. The highest BCUT2D eigenvalue weighted by Gasteiger charge is 2.28. The van der Waals surface area contributed by atoms with Crippen molar-refractivity contribution in [2.75, 3.05) is 18.6 Å². The normalized spacial score (nSPS) is 11.3. The van der Waals surface area contributed by atoms with E-state index in [0.717, 1.165) is 0 Å². The second kappa shape index (κ2) is 5.40. The van der Waals surface area contributed by atoms with Crippen LogP contribution in [0.15, 0.2) is 23.1 Å². The molecule has 2 N–H and O–H groups in total. The minimum atomic E-state index is -0.627. The minimum absolute atomic E-state index is 0.292. The molecule has 1 aromatic carbocycles. The van der Waals surface area contributed by atoms with Gasteiger partial charge in [0.15, 0.2) is 0 Å². The van der Waals surface area contributed by atoms with Crippen LogP contribution in [-0.4, -0.2) is 18.8 Å². The standard InChI is InChI=1S/C12H16FNO2S/c1-12(2,11(15)16-3)7-17-10-6-8(13)4-5-9(10)14/h4-6H,7,14H2,1-3H3. The zero-order chi connectivity index (χ0) is 13.1. The molecular weight excluding hydrogens is 241 g/mol. The van der Waals surface area contributed by atoms with E-state index in [1.807, 2.05) is 0 Å². The second-order valence-electron chi connectivity index (χ2n) is 4.35. The molecule has 0 fully saturated rings. The summed E-state index contributed by atoms with van der Waals surface area (Å²) in [5, 5.41) is 0. The second-order valence-corrected chi connectivity index (χ2v) is 5.36. The van der Waals surface area contributed by atoms with Crippen LogP contribution in [0.5, 0.6) is 0 Å². The number of rotatable bonds is 4. The van der Waals surface area contributed by atoms with E-state index >= 15 is 0 Å². The van der Waals surface area contributed by atoms with Crippen molar-refractivity contribution >= 4 is 23.4 Å². The van der Waals surface area contributed by atoms with Crippen LogP contribution in [0.4, 0.5) is 10.1 Å². The van der Waals surface area contributed by atoms with Crippen molar-refractivity contribution in [3.63, 3.8) is 0 Å². The molecule has 0 amide bonds. The van der Waals surface area contributed by atoms with Crippen molar-refractivity contribution in [2.45, 2.75) is 18.7 Å². The third-order valence-electron chi connectivity index (χ3n) is 2.30. The van der Waals surface area contributed by atoms with E-state index in [1.54, 1.807) is 13.8 Å². The van der Waals surface area contributed by atoms with Gasteiger partial charge in [-0.25, -0.2) is 4.39 Å². The molecule has 0 aliphatic rings. The van der Waals surface area contributed by atoms with Crippen molar-refractivity contribution < 1.29 is 13.9 Å². The fourth-order valence-corrected chi connectivity index (χ4v) is 2.29. The number of thioether (sulfide) groups is 1. The fourth-order valence-electron chi connectivity index (χ4n) is 1.23. The molecule has 0 spiro atoms. The van der Waals surface area contributed by atoms with Gasteiger partial charge in [0.05, 0.1) is 12.5 Å². The summed E-state index contributed by atoms with van der Waals surface area (Å²) in [6.07, 6.45) is 0. The SMILES string of the molecule is COC(=O)C(C)(C)CSc1cc(F)ccc1N. The summed E-state index contributed by atoms with van der Waals surface area (Å²) < 4.78 is 17.7. The van der Waals surface area contributed by atoms with Gasteiger partial charge in [-0.3, -0.25) is 4.79 Å². The first-order valence-electron chi connectivity index (χ1n) is 5.13. The number of hydrogen-bond donors (Lipinski definition) is 1. The maximum atomic E-state index is 13.0. The van der Waals surface area contributed by atoms with Gasteiger partial charge in [-0.15, -0.1) is 11.8 Å². The number of benzene rings is 1. The summed E-state index contributed by atoms with van der Waals surface area (Å²) >= 11 is 1.35. The Labute approximate surface area is 105 Å². The van der Waals surface area contributed by atoms with Crippen molar-refractivity contribution in [1.82, 2.24) is 0 Å². The molecule has 0 bridgehead atoms. The molecule has 0 atom stereocenters. The van der Waals surface area contributed by atoms with Crippen molar-refractivity contribution in [1.29, 1.82) is 0 Å². The molecule has 94 valence electrons. The van der Waals surface area contributed by atoms with Gasteiger partial charge in [-0.05, 0) is 32.0 Å². The van der Waals surface area contributed by atoms with Crippen LogP contribution >= 0.6 is 11.8 Å². The minimum Gasteiger partial charge on any atom is -0.469 e. The predicted molar refractivity (Wildman–Crippen MR) is 67.3 cm³/mol. The van der Waals surface area contributed by atoms with E-state index in [1.165, 1.54) is 37.1 Å². The first-order valence-corrected chi connectivity index (χ1v) is 6.11.